The minimum absolute atomic E-state index is 0.0318. The standard InChI is InChI=1S/C32H44N4O5/c1-5-35(29(37)23-25-11-13-28(14-12-25)36(39)40)27-15-19-33(20-16-27)21-17-32(26-9-7-6-8-10-26)18-22-34(24-41-32)30(38)31(2,3)4/h6-14,27H,5,15-24H2,1-4H3. The van der Waals surface area contributed by atoms with Crippen molar-refractivity contribution in [2.24, 2.45) is 5.41 Å². The first-order chi connectivity index (χ1) is 19.5. The van der Waals surface area contributed by atoms with Crippen LogP contribution in [0.5, 0.6) is 0 Å². The van der Waals surface area contributed by atoms with Crippen molar-refractivity contribution < 1.29 is 19.2 Å². The predicted octanol–water partition coefficient (Wildman–Crippen LogP) is 4.99. The Hall–Kier alpha value is -3.30. The molecule has 2 heterocycles. The third-order valence-corrected chi connectivity index (χ3v) is 8.50. The average molecular weight is 565 g/mol. The molecule has 41 heavy (non-hydrogen) atoms. The molecule has 2 saturated heterocycles. The third-order valence-electron chi connectivity index (χ3n) is 8.50. The summed E-state index contributed by atoms with van der Waals surface area (Å²) in [6.45, 7) is 12.2. The number of nitro groups is 1. The number of carbonyl (C=O) groups excluding carboxylic acids is 2. The van der Waals surface area contributed by atoms with Gasteiger partial charge in [-0.3, -0.25) is 19.7 Å². The normalized spacial score (nSPS) is 20.5. The van der Waals surface area contributed by atoms with Gasteiger partial charge in [-0.15, -0.1) is 0 Å². The first kappa shape index (κ1) is 30.7. The first-order valence-corrected chi connectivity index (χ1v) is 14.8. The summed E-state index contributed by atoms with van der Waals surface area (Å²) in [5.41, 5.74) is 1.12. The SMILES string of the molecule is CCN(C(=O)Cc1ccc([N+](=O)[O-])cc1)C1CCN(CCC2(c3ccccc3)CCN(C(=O)C(C)(C)C)CO2)CC1. The molecule has 1 atom stereocenters. The lowest BCUT2D eigenvalue weighted by molar-refractivity contribution is -0.384. The first-order valence-electron chi connectivity index (χ1n) is 14.8. The van der Waals surface area contributed by atoms with E-state index in [9.17, 15) is 19.7 Å². The van der Waals surface area contributed by atoms with E-state index >= 15 is 0 Å². The number of ether oxygens (including phenoxy) is 1. The van der Waals surface area contributed by atoms with Gasteiger partial charge in [0, 0.05) is 56.3 Å². The maximum absolute atomic E-state index is 13.1. The minimum Gasteiger partial charge on any atom is -0.350 e. The molecule has 9 nitrogen and oxygen atoms in total. The number of non-ortho nitro benzene ring substituents is 1. The molecule has 2 aliphatic heterocycles. The molecule has 2 aromatic rings. The van der Waals surface area contributed by atoms with Crippen LogP contribution >= 0.6 is 0 Å². The fourth-order valence-electron chi connectivity index (χ4n) is 6.04. The highest BCUT2D eigenvalue weighted by Gasteiger charge is 2.41. The number of nitrogens with zero attached hydrogens (tertiary/aromatic N) is 4. The zero-order valence-corrected chi connectivity index (χ0v) is 24.9. The van der Waals surface area contributed by atoms with Crippen LogP contribution in [0.1, 0.15) is 64.5 Å². The maximum Gasteiger partial charge on any atom is 0.269 e. The van der Waals surface area contributed by atoms with Crippen molar-refractivity contribution in [1.82, 2.24) is 14.7 Å². The molecule has 0 N–H and O–H groups in total. The highest BCUT2D eigenvalue weighted by atomic mass is 16.6. The number of hydrogen-bond acceptors (Lipinski definition) is 6. The van der Waals surface area contributed by atoms with Crippen molar-refractivity contribution in [3.8, 4) is 0 Å². The highest BCUT2D eigenvalue weighted by Crippen LogP contribution is 2.38. The van der Waals surface area contributed by atoms with E-state index in [2.05, 4.69) is 17.0 Å². The Morgan fingerprint density at radius 3 is 2.24 bits per heavy atom. The van der Waals surface area contributed by atoms with Crippen LogP contribution in [0.4, 0.5) is 5.69 Å². The summed E-state index contributed by atoms with van der Waals surface area (Å²) in [6, 6.07) is 16.8. The second kappa shape index (κ2) is 13.1. The molecule has 0 aromatic heterocycles. The summed E-state index contributed by atoms with van der Waals surface area (Å²) in [5, 5.41) is 10.9. The van der Waals surface area contributed by atoms with Gasteiger partial charge in [-0.2, -0.15) is 0 Å². The smallest absolute Gasteiger partial charge is 0.269 e. The van der Waals surface area contributed by atoms with Gasteiger partial charge in [0.05, 0.1) is 16.9 Å². The highest BCUT2D eigenvalue weighted by molar-refractivity contribution is 5.81. The zero-order valence-electron chi connectivity index (χ0n) is 24.9. The van der Waals surface area contributed by atoms with Crippen LogP contribution < -0.4 is 0 Å². The Morgan fingerprint density at radius 2 is 1.71 bits per heavy atom. The van der Waals surface area contributed by atoms with Crippen LogP contribution in [0.25, 0.3) is 0 Å². The Balaban J connectivity index is 1.32. The van der Waals surface area contributed by atoms with Crippen molar-refractivity contribution in [2.45, 2.75) is 71.4 Å². The van der Waals surface area contributed by atoms with Gasteiger partial charge in [0.2, 0.25) is 11.8 Å². The average Bonchev–Trinajstić information content (AvgIpc) is 2.97. The Bertz CT molecular complexity index is 1180. The summed E-state index contributed by atoms with van der Waals surface area (Å²) < 4.78 is 6.55. The number of likely N-dealkylation sites (N-methyl/N-ethyl adjacent to an activating group) is 1. The summed E-state index contributed by atoms with van der Waals surface area (Å²) in [7, 11) is 0. The number of piperidine rings is 1. The molecule has 0 saturated carbocycles. The van der Waals surface area contributed by atoms with Crippen molar-refractivity contribution >= 4 is 17.5 Å². The van der Waals surface area contributed by atoms with Gasteiger partial charge in [0.1, 0.15) is 6.73 Å². The fraction of sp³-hybridized carbons (Fsp3) is 0.562. The van der Waals surface area contributed by atoms with Crippen LogP contribution in [-0.2, 0) is 26.3 Å². The van der Waals surface area contributed by atoms with Crippen molar-refractivity contribution in [1.29, 1.82) is 0 Å². The second-order valence-electron chi connectivity index (χ2n) is 12.3. The van der Waals surface area contributed by atoms with E-state index in [-0.39, 0.29) is 30.0 Å². The lowest BCUT2D eigenvalue weighted by Crippen LogP contribution is -2.52. The molecule has 9 heteroatoms. The van der Waals surface area contributed by atoms with Gasteiger partial charge >= 0.3 is 0 Å². The lowest BCUT2D eigenvalue weighted by Gasteiger charge is -2.45. The molecule has 2 amide bonds. The molecule has 4 rings (SSSR count). The van der Waals surface area contributed by atoms with E-state index in [0.29, 0.717) is 19.8 Å². The van der Waals surface area contributed by atoms with Crippen molar-refractivity contribution in [2.75, 3.05) is 39.5 Å². The maximum atomic E-state index is 13.1. The molecule has 2 aliphatic rings. The lowest BCUT2D eigenvalue weighted by atomic mass is 9.85. The number of likely N-dealkylation sites (tertiary alicyclic amines) is 1. The molecular formula is C32H44N4O5. The van der Waals surface area contributed by atoms with Crippen molar-refractivity contribution in [3.05, 3.63) is 75.8 Å². The topological polar surface area (TPSA) is 96.2 Å². The molecule has 0 bridgehead atoms. The summed E-state index contributed by atoms with van der Waals surface area (Å²) in [5.74, 6) is 0.178. The number of nitro benzene ring substituents is 1. The molecule has 2 aromatic carbocycles. The summed E-state index contributed by atoms with van der Waals surface area (Å²) in [4.78, 5) is 42.8. The predicted molar refractivity (Wildman–Crippen MR) is 158 cm³/mol. The molecule has 0 spiro atoms. The van der Waals surface area contributed by atoms with Crippen LogP contribution in [-0.4, -0.2) is 76.9 Å². The summed E-state index contributed by atoms with van der Waals surface area (Å²) in [6.07, 6.45) is 3.67. The second-order valence-corrected chi connectivity index (χ2v) is 12.3. The molecule has 222 valence electrons. The molecule has 0 aliphatic carbocycles. The van der Waals surface area contributed by atoms with E-state index < -0.39 is 15.9 Å². The molecule has 1 unspecified atom stereocenters. The van der Waals surface area contributed by atoms with Gasteiger partial charge in [-0.05, 0) is 43.7 Å². The number of carbonyl (C=O) groups is 2. The van der Waals surface area contributed by atoms with Gasteiger partial charge in [-0.25, -0.2) is 0 Å². The fourth-order valence-corrected chi connectivity index (χ4v) is 6.04. The van der Waals surface area contributed by atoms with Gasteiger partial charge in [-0.1, -0.05) is 63.2 Å². The van der Waals surface area contributed by atoms with E-state index in [0.717, 1.165) is 56.4 Å². The van der Waals surface area contributed by atoms with Crippen LogP contribution in [0.2, 0.25) is 0 Å². The van der Waals surface area contributed by atoms with Gasteiger partial charge in [0.25, 0.3) is 5.69 Å². The van der Waals surface area contributed by atoms with Crippen molar-refractivity contribution in [3.63, 3.8) is 0 Å². The van der Waals surface area contributed by atoms with Crippen LogP contribution in [0, 0.1) is 15.5 Å². The zero-order chi connectivity index (χ0) is 29.6. The third kappa shape index (κ3) is 7.51. The van der Waals surface area contributed by atoms with E-state index in [4.69, 9.17) is 4.74 Å². The number of rotatable bonds is 9. The molecular weight excluding hydrogens is 520 g/mol. The quantitative estimate of drug-likeness (QED) is 0.315. The number of hydrogen-bond donors (Lipinski definition) is 0. The number of amides is 2. The van der Waals surface area contributed by atoms with Gasteiger partial charge in [0.15, 0.2) is 0 Å². The van der Waals surface area contributed by atoms with E-state index in [1.54, 1.807) is 12.1 Å². The Morgan fingerprint density at radius 1 is 1.05 bits per heavy atom. The van der Waals surface area contributed by atoms with E-state index in [1.165, 1.54) is 12.1 Å². The monoisotopic (exact) mass is 564 g/mol. The largest absolute Gasteiger partial charge is 0.350 e. The summed E-state index contributed by atoms with van der Waals surface area (Å²) >= 11 is 0. The molecule has 0 radical (unpaired) electrons. The van der Waals surface area contributed by atoms with Gasteiger partial charge < -0.3 is 19.4 Å². The molecule has 2 fully saturated rings. The van der Waals surface area contributed by atoms with Crippen LogP contribution in [0.3, 0.4) is 0 Å². The van der Waals surface area contributed by atoms with E-state index in [1.807, 2.05) is 55.7 Å². The minimum atomic E-state index is -0.434. The number of benzene rings is 2. The van der Waals surface area contributed by atoms with Crippen LogP contribution in [0.15, 0.2) is 54.6 Å². The Labute approximate surface area is 243 Å². The Kier molecular flexibility index (Phi) is 9.81.